The maximum absolute atomic E-state index is 14.1. The third-order valence-electron chi connectivity index (χ3n) is 7.48. The van der Waals surface area contributed by atoms with Gasteiger partial charge in [0.1, 0.15) is 11.9 Å². The molecule has 218 valence electrons. The molecule has 0 spiro atoms. The summed E-state index contributed by atoms with van der Waals surface area (Å²) in [7, 11) is 1.49. The molecule has 0 aliphatic carbocycles. The Morgan fingerprint density at radius 1 is 1.22 bits per heavy atom. The monoisotopic (exact) mass is 577 g/mol. The van der Waals surface area contributed by atoms with Gasteiger partial charge in [0.05, 0.1) is 31.5 Å². The summed E-state index contributed by atoms with van der Waals surface area (Å²) in [6.07, 6.45) is 1.32. The summed E-state index contributed by atoms with van der Waals surface area (Å²) in [5.74, 6) is -0.0446. The molecule has 0 bridgehead atoms. The van der Waals surface area contributed by atoms with Crippen LogP contribution in [0.1, 0.15) is 61.2 Å². The summed E-state index contributed by atoms with van der Waals surface area (Å²) in [6, 6.07) is 14.1. The summed E-state index contributed by atoms with van der Waals surface area (Å²) in [6.45, 7) is 8.52. The Morgan fingerprint density at radius 3 is 2.56 bits per heavy atom. The van der Waals surface area contributed by atoms with Crippen LogP contribution in [0, 0.1) is 5.92 Å². The molecule has 2 N–H and O–H groups in total. The van der Waals surface area contributed by atoms with Crippen molar-refractivity contribution in [2.24, 2.45) is 15.9 Å². The van der Waals surface area contributed by atoms with Gasteiger partial charge in [0.2, 0.25) is 5.91 Å². The number of nitrogens with zero attached hydrogens (tertiary/aromatic N) is 4. The van der Waals surface area contributed by atoms with E-state index >= 15 is 0 Å². The van der Waals surface area contributed by atoms with Gasteiger partial charge in [0, 0.05) is 36.2 Å². The lowest BCUT2D eigenvalue weighted by Crippen LogP contribution is -2.55. The normalized spacial score (nSPS) is 20.6. The average Bonchev–Trinajstić information content (AvgIpc) is 3.50. The topological polar surface area (TPSA) is 107 Å². The minimum Gasteiger partial charge on any atom is -0.391 e. The fraction of sp³-hybridized carbons (Fsp3) is 0.419. The zero-order valence-electron chi connectivity index (χ0n) is 24.2. The van der Waals surface area contributed by atoms with E-state index in [4.69, 9.17) is 9.83 Å². The third-order valence-corrected chi connectivity index (χ3v) is 8.06. The molecule has 10 heteroatoms. The summed E-state index contributed by atoms with van der Waals surface area (Å²) in [4.78, 5) is 45.7. The highest BCUT2D eigenvalue weighted by Gasteiger charge is 2.45. The number of aliphatic hydroxyl groups excluding tert-OH is 1. The van der Waals surface area contributed by atoms with Gasteiger partial charge in [0.15, 0.2) is 0 Å². The van der Waals surface area contributed by atoms with Crippen LogP contribution in [0.25, 0.3) is 4.91 Å². The van der Waals surface area contributed by atoms with E-state index in [9.17, 15) is 14.7 Å². The minimum absolute atomic E-state index is 0.133. The highest BCUT2D eigenvalue weighted by atomic mass is 32.1. The molecule has 2 aromatic rings. The Hall–Kier alpha value is -3.47. The molecule has 2 aromatic carbocycles. The Kier molecular flexibility index (Phi) is 10.0. The van der Waals surface area contributed by atoms with Crippen molar-refractivity contribution in [2.75, 3.05) is 13.7 Å². The number of likely N-dealkylation sites (tertiary alicyclic amines) is 1. The molecule has 0 saturated carbocycles. The molecule has 0 radical (unpaired) electrons. The molecule has 3 atom stereocenters. The van der Waals surface area contributed by atoms with Gasteiger partial charge in [-0.1, -0.05) is 56.3 Å². The standard InChI is InChI=1S/C31H39N5O4S/c1-6-32-20(4)28(41)22-13-11-21(12-14-22)16-33-29(34-40-5)26-15-24(37)18-35(26)31(39)27(19(2)3)36-17-23-9-7-8-10-25(23)30(36)38/h6-14,19,24,26-27,37,41H,15-18H2,1-5H3,(H,33,34)/b28-20-,32-6?/t24-,26+,27+/m1/s1. The number of rotatable bonds is 9. The molecule has 0 unspecified atom stereocenters. The fourth-order valence-corrected chi connectivity index (χ4v) is 5.69. The molecule has 1 saturated heterocycles. The molecule has 9 nitrogen and oxygen atoms in total. The molecule has 2 heterocycles. The van der Waals surface area contributed by atoms with E-state index in [0.29, 0.717) is 30.9 Å². The van der Waals surface area contributed by atoms with Gasteiger partial charge >= 0.3 is 0 Å². The number of nitrogens with one attached hydrogen (secondary N) is 1. The molecular formula is C31H39N5O4S. The first-order chi connectivity index (χ1) is 19.7. The van der Waals surface area contributed by atoms with Crippen molar-refractivity contribution in [1.29, 1.82) is 0 Å². The summed E-state index contributed by atoms with van der Waals surface area (Å²) < 4.78 is 0. The average molecular weight is 578 g/mol. The number of β-amino-alcohol motifs (C(OH)–C–C–N with tert-alkyl or cyclic N) is 1. The lowest BCUT2D eigenvalue weighted by molar-refractivity contribution is -0.138. The third kappa shape index (κ3) is 6.72. The number of amidine groups is 1. The molecule has 0 aromatic heterocycles. The van der Waals surface area contributed by atoms with Gasteiger partial charge in [-0.15, -0.1) is 12.6 Å². The molecule has 41 heavy (non-hydrogen) atoms. The van der Waals surface area contributed by atoms with Crippen LogP contribution in [0.4, 0.5) is 0 Å². The number of hydrogen-bond donors (Lipinski definition) is 3. The number of hydrogen-bond acceptors (Lipinski definition) is 7. The Morgan fingerprint density at radius 2 is 1.93 bits per heavy atom. The van der Waals surface area contributed by atoms with Crippen molar-refractivity contribution in [3.63, 3.8) is 0 Å². The summed E-state index contributed by atoms with van der Waals surface area (Å²) in [5, 5.41) is 10.6. The number of carbonyl (C=O) groups is 2. The van der Waals surface area contributed by atoms with Gasteiger partial charge in [0.25, 0.3) is 5.91 Å². The first-order valence-corrected chi connectivity index (χ1v) is 14.3. The van der Waals surface area contributed by atoms with E-state index in [1.807, 2.05) is 70.2 Å². The number of allylic oxidation sites excluding steroid dienone is 1. The summed E-state index contributed by atoms with van der Waals surface area (Å²) in [5.41, 5.74) is 7.13. The predicted molar refractivity (Wildman–Crippen MR) is 165 cm³/mol. The maximum Gasteiger partial charge on any atom is 0.255 e. The van der Waals surface area contributed by atoms with Crippen LogP contribution >= 0.6 is 12.6 Å². The van der Waals surface area contributed by atoms with E-state index in [0.717, 1.165) is 27.3 Å². The molecular weight excluding hydrogens is 538 g/mol. The lowest BCUT2D eigenvalue weighted by Gasteiger charge is -2.35. The Bertz CT molecular complexity index is 1350. The zero-order valence-corrected chi connectivity index (χ0v) is 25.1. The highest BCUT2D eigenvalue weighted by molar-refractivity contribution is 7.90. The van der Waals surface area contributed by atoms with Crippen molar-refractivity contribution >= 4 is 41.4 Å². The summed E-state index contributed by atoms with van der Waals surface area (Å²) >= 11 is 4.60. The number of amides is 2. The lowest BCUT2D eigenvalue weighted by atomic mass is 10.0. The SMILES string of the molecule is CC=N/C(C)=C(\S)c1ccc(CN=C(NOC)[C@@H]2C[C@@H](O)CN2C(=O)[C@H](C(C)C)N2Cc3ccccc3C2=O)cc1. The van der Waals surface area contributed by atoms with E-state index in [1.165, 1.54) is 7.11 Å². The van der Waals surface area contributed by atoms with Crippen molar-refractivity contribution in [2.45, 2.75) is 65.4 Å². The second-order valence-corrected chi connectivity index (χ2v) is 11.1. The maximum atomic E-state index is 14.1. The van der Waals surface area contributed by atoms with Crippen LogP contribution in [0.5, 0.6) is 0 Å². The highest BCUT2D eigenvalue weighted by Crippen LogP contribution is 2.30. The van der Waals surface area contributed by atoms with Crippen LogP contribution in [0.15, 0.2) is 64.2 Å². The minimum atomic E-state index is -0.721. The van der Waals surface area contributed by atoms with Gasteiger partial charge in [-0.3, -0.25) is 29.9 Å². The van der Waals surface area contributed by atoms with E-state index in [2.05, 4.69) is 23.1 Å². The van der Waals surface area contributed by atoms with Crippen molar-refractivity contribution in [1.82, 2.24) is 15.3 Å². The Balaban J connectivity index is 1.56. The van der Waals surface area contributed by atoms with Gasteiger partial charge < -0.3 is 14.9 Å². The predicted octanol–water partition coefficient (Wildman–Crippen LogP) is 4.09. The fourth-order valence-electron chi connectivity index (χ4n) is 5.48. The van der Waals surface area contributed by atoms with Gasteiger partial charge in [-0.05, 0) is 42.5 Å². The molecule has 1 fully saturated rings. The number of aliphatic imine (C=N–C) groups is 2. The van der Waals surface area contributed by atoms with Crippen LogP contribution in [-0.2, 0) is 22.7 Å². The van der Waals surface area contributed by atoms with Crippen molar-refractivity contribution in [3.8, 4) is 0 Å². The van der Waals surface area contributed by atoms with Crippen LogP contribution in [0.3, 0.4) is 0 Å². The van der Waals surface area contributed by atoms with Crippen LogP contribution in [-0.4, -0.2) is 70.6 Å². The number of fused-ring (bicyclic) bond motifs is 1. The molecule has 2 aliphatic heterocycles. The van der Waals surface area contributed by atoms with E-state index < -0.39 is 18.2 Å². The van der Waals surface area contributed by atoms with Crippen LogP contribution < -0.4 is 5.48 Å². The first-order valence-electron chi connectivity index (χ1n) is 13.8. The van der Waals surface area contributed by atoms with Crippen molar-refractivity contribution in [3.05, 3.63) is 76.5 Å². The number of thiol groups is 1. The number of aliphatic hydroxyl groups is 1. The largest absolute Gasteiger partial charge is 0.391 e. The molecule has 2 amide bonds. The number of hydroxylamine groups is 1. The van der Waals surface area contributed by atoms with Gasteiger partial charge in [-0.25, -0.2) is 0 Å². The Labute approximate surface area is 247 Å². The molecule has 2 aliphatic rings. The molecule has 4 rings (SSSR count). The van der Waals surface area contributed by atoms with Crippen LogP contribution in [0.2, 0.25) is 0 Å². The first kappa shape index (κ1) is 30.5. The van der Waals surface area contributed by atoms with Gasteiger partial charge in [-0.2, -0.15) is 0 Å². The zero-order chi connectivity index (χ0) is 29.7. The number of benzene rings is 2. The van der Waals surface area contributed by atoms with E-state index in [-0.39, 0.29) is 24.3 Å². The quantitative estimate of drug-likeness (QED) is 0.180. The number of carbonyl (C=O) groups excluding carboxylic acids is 2. The smallest absolute Gasteiger partial charge is 0.255 e. The second-order valence-electron chi connectivity index (χ2n) is 10.7. The van der Waals surface area contributed by atoms with E-state index in [1.54, 1.807) is 22.1 Å². The van der Waals surface area contributed by atoms with Crippen molar-refractivity contribution < 1.29 is 19.5 Å². The second kappa shape index (κ2) is 13.5.